The van der Waals surface area contributed by atoms with Gasteiger partial charge in [-0.25, -0.2) is 0 Å². The Morgan fingerprint density at radius 1 is 1.62 bits per heavy atom. The van der Waals surface area contributed by atoms with Crippen LogP contribution in [-0.2, 0) is 4.79 Å². The van der Waals surface area contributed by atoms with Crippen LogP contribution in [-0.4, -0.2) is 9.86 Å². The summed E-state index contributed by atoms with van der Waals surface area (Å²) >= 11 is 1.45. The van der Waals surface area contributed by atoms with Gasteiger partial charge in [-0.15, -0.1) is 0 Å². The Labute approximate surface area is 53.8 Å². The van der Waals surface area contributed by atoms with E-state index in [4.69, 9.17) is 0 Å². The summed E-state index contributed by atoms with van der Waals surface area (Å²) in [5, 5.41) is 0.343. The van der Waals surface area contributed by atoms with Crippen molar-refractivity contribution in [2.75, 3.05) is 0 Å². The van der Waals surface area contributed by atoms with Crippen molar-refractivity contribution >= 4 is 16.9 Å². The minimum Gasteiger partial charge on any atom is -0.287 e. The first-order valence-corrected chi connectivity index (χ1v) is 3.58. The summed E-state index contributed by atoms with van der Waals surface area (Å²) in [4.78, 5) is 10.6. The molecule has 1 rings (SSSR count). The molecule has 0 radical (unpaired) electrons. The topological polar surface area (TPSA) is 17.1 Å². The number of thioether (sulfide) groups is 1. The van der Waals surface area contributed by atoms with Gasteiger partial charge in [0.05, 0.1) is 0 Å². The summed E-state index contributed by atoms with van der Waals surface area (Å²) in [7, 11) is 0. The maximum atomic E-state index is 10.6. The predicted octanol–water partition coefficient (Wildman–Crippen LogP) is 1.67. The van der Waals surface area contributed by atoms with Gasteiger partial charge in [0.25, 0.3) is 0 Å². The fraction of sp³-hybridized carbons (Fsp3) is 0.833. The number of hydrogen-bond donors (Lipinski definition) is 0. The largest absolute Gasteiger partial charge is 0.287 e. The number of hydrogen-bond acceptors (Lipinski definition) is 2. The molecule has 1 aliphatic heterocycles. The van der Waals surface area contributed by atoms with Crippen molar-refractivity contribution in [3.63, 3.8) is 0 Å². The smallest absolute Gasteiger partial charge is 0.193 e. The average Bonchev–Trinajstić information content (AvgIpc) is 1.65. The van der Waals surface area contributed by atoms with Crippen LogP contribution in [0.25, 0.3) is 0 Å². The first-order chi connectivity index (χ1) is 3.54. The molecule has 1 saturated heterocycles. The van der Waals surface area contributed by atoms with Crippen LogP contribution in [0.4, 0.5) is 0 Å². The molecular formula is C6H10OS. The first kappa shape index (κ1) is 6.14. The molecule has 0 unspecified atom stereocenters. The summed E-state index contributed by atoms with van der Waals surface area (Å²) in [5.41, 5.74) is 0. The third-order valence-corrected chi connectivity index (χ3v) is 3.19. The molecule has 0 bridgehead atoms. The van der Waals surface area contributed by atoms with E-state index in [0.29, 0.717) is 5.12 Å². The van der Waals surface area contributed by atoms with Crippen LogP contribution in [0.1, 0.15) is 20.8 Å². The van der Waals surface area contributed by atoms with E-state index in [1.807, 2.05) is 6.92 Å². The molecule has 8 heavy (non-hydrogen) atoms. The second kappa shape index (κ2) is 1.50. The van der Waals surface area contributed by atoms with Crippen molar-refractivity contribution in [3.05, 3.63) is 0 Å². The van der Waals surface area contributed by atoms with Crippen LogP contribution in [0.5, 0.6) is 0 Å². The molecule has 0 saturated carbocycles. The van der Waals surface area contributed by atoms with E-state index in [1.54, 1.807) is 0 Å². The van der Waals surface area contributed by atoms with E-state index < -0.39 is 0 Å². The highest BCUT2D eigenvalue weighted by molar-refractivity contribution is 8.17. The van der Waals surface area contributed by atoms with Gasteiger partial charge in [0, 0.05) is 10.7 Å². The van der Waals surface area contributed by atoms with Gasteiger partial charge < -0.3 is 0 Å². The van der Waals surface area contributed by atoms with Crippen molar-refractivity contribution in [2.45, 2.75) is 25.5 Å². The maximum Gasteiger partial charge on any atom is 0.193 e. The van der Waals surface area contributed by atoms with E-state index >= 15 is 0 Å². The second-order valence-corrected chi connectivity index (χ2v) is 4.40. The van der Waals surface area contributed by atoms with Crippen molar-refractivity contribution in [3.8, 4) is 0 Å². The minimum atomic E-state index is 0.219. The lowest BCUT2D eigenvalue weighted by Gasteiger charge is -2.38. The zero-order chi connectivity index (χ0) is 6.36. The molecule has 46 valence electrons. The van der Waals surface area contributed by atoms with Crippen molar-refractivity contribution < 1.29 is 4.79 Å². The molecule has 2 heteroatoms. The highest BCUT2D eigenvalue weighted by Crippen LogP contribution is 2.46. The summed E-state index contributed by atoms with van der Waals surface area (Å²) in [6.07, 6.45) is 0. The summed E-state index contributed by atoms with van der Waals surface area (Å²) in [6.45, 7) is 6.19. The van der Waals surface area contributed by atoms with E-state index in [0.717, 1.165) is 0 Å². The fourth-order valence-corrected chi connectivity index (χ4v) is 1.75. The first-order valence-electron chi connectivity index (χ1n) is 2.77. The molecule has 0 spiro atoms. The molecular weight excluding hydrogens is 120 g/mol. The molecule has 1 atom stereocenters. The highest BCUT2D eigenvalue weighted by Gasteiger charge is 2.44. The molecule has 0 aromatic carbocycles. The lowest BCUT2D eigenvalue weighted by atomic mass is 9.97. The summed E-state index contributed by atoms with van der Waals surface area (Å²) in [6, 6.07) is 0. The van der Waals surface area contributed by atoms with E-state index in [9.17, 15) is 4.79 Å². The Hall–Kier alpha value is 0.0200. The lowest BCUT2D eigenvalue weighted by molar-refractivity contribution is -0.116. The number of carbonyl (C=O) groups excluding carboxylic acids is 1. The van der Waals surface area contributed by atoms with Gasteiger partial charge >= 0.3 is 0 Å². The molecule has 1 heterocycles. The van der Waals surface area contributed by atoms with Crippen LogP contribution in [0.3, 0.4) is 0 Å². The van der Waals surface area contributed by atoms with E-state index in [1.165, 1.54) is 11.8 Å². The third-order valence-electron chi connectivity index (χ3n) is 1.76. The predicted molar refractivity (Wildman–Crippen MR) is 35.8 cm³/mol. The lowest BCUT2D eigenvalue weighted by Crippen LogP contribution is -2.42. The van der Waals surface area contributed by atoms with Gasteiger partial charge in [0.1, 0.15) is 0 Å². The van der Waals surface area contributed by atoms with E-state index in [-0.39, 0.29) is 10.7 Å². The fourth-order valence-electron chi connectivity index (χ4n) is 0.662. The Morgan fingerprint density at radius 3 is 2.12 bits per heavy atom. The molecule has 0 aromatic heterocycles. The van der Waals surface area contributed by atoms with Crippen molar-refractivity contribution in [1.29, 1.82) is 0 Å². The van der Waals surface area contributed by atoms with Gasteiger partial charge in [-0.05, 0) is 13.8 Å². The molecule has 1 aliphatic rings. The van der Waals surface area contributed by atoms with E-state index in [2.05, 4.69) is 13.8 Å². The summed E-state index contributed by atoms with van der Waals surface area (Å²) in [5.74, 6) is 0.271. The quantitative estimate of drug-likeness (QED) is 0.496. The van der Waals surface area contributed by atoms with Crippen LogP contribution >= 0.6 is 11.8 Å². The zero-order valence-corrected chi connectivity index (χ0v) is 6.21. The van der Waals surface area contributed by atoms with Crippen LogP contribution in [0, 0.1) is 5.92 Å². The maximum absolute atomic E-state index is 10.6. The second-order valence-electron chi connectivity index (χ2n) is 2.75. The van der Waals surface area contributed by atoms with Gasteiger partial charge in [0.15, 0.2) is 5.12 Å². The Bertz CT molecular complexity index is 128. The van der Waals surface area contributed by atoms with Crippen LogP contribution in [0.2, 0.25) is 0 Å². The third kappa shape index (κ3) is 0.672. The molecule has 0 aliphatic carbocycles. The Morgan fingerprint density at radius 2 is 2.12 bits per heavy atom. The average molecular weight is 130 g/mol. The SMILES string of the molecule is C[C@H]1C(=O)SC1(C)C. The van der Waals surface area contributed by atoms with Crippen molar-refractivity contribution in [2.24, 2.45) is 5.92 Å². The molecule has 0 amide bonds. The minimum absolute atomic E-state index is 0.219. The molecule has 0 aromatic rings. The van der Waals surface area contributed by atoms with Gasteiger partial charge in [0.2, 0.25) is 0 Å². The van der Waals surface area contributed by atoms with Crippen molar-refractivity contribution in [1.82, 2.24) is 0 Å². The number of rotatable bonds is 0. The molecule has 1 nitrogen and oxygen atoms in total. The normalized spacial score (nSPS) is 34.4. The van der Waals surface area contributed by atoms with Gasteiger partial charge in [-0.1, -0.05) is 18.7 Å². The Balaban J connectivity index is 2.60. The van der Waals surface area contributed by atoms with Crippen LogP contribution in [0.15, 0.2) is 0 Å². The van der Waals surface area contributed by atoms with Gasteiger partial charge in [-0.2, -0.15) is 0 Å². The monoisotopic (exact) mass is 130 g/mol. The number of carbonyl (C=O) groups is 1. The van der Waals surface area contributed by atoms with Crippen LogP contribution < -0.4 is 0 Å². The zero-order valence-electron chi connectivity index (χ0n) is 5.39. The van der Waals surface area contributed by atoms with Gasteiger partial charge in [-0.3, -0.25) is 4.79 Å². The standard InChI is InChI=1S/C6H10OS/c1-4-5(7)8-6(4,2)3/h4H,1-3H3/t4-/m0/s1. The molecule has 0 N–H and O–H groups in total. The highest BCUT2D eigenvalue weighted by atomic mass is 32.2. The Kier molecular flexibility index (Phi) is 1.15. The molecule has 1 fully saturated rings. The summed E-state index contributed by atoms with van der Waals surface area (Å²) < 4.78 is 0.219.